The van der Waals surface area contributed by atoms with Gasteiger partial charge in [0.1, 0.15) is 5.82 Å². The van der Waals surface area contributed by atoms with E-state index in [-0.39, 0.29) is 11.5 Å². The zero-order valence-corrected chi connectivity index (χ0v) is 9.84. The number of rotatable bonds is 4. The lowest BCUT2D eigenvalue weighted by atomic mass is 10.1. The van der Waals surface area contributed by atoms with Gasteiger partial charge in [-0.15, -0.1) is 0 Å². The first-order valence-electron chi connectivity index (χ1n) is 6.08. The third-order valence-corrected chi connectivity index (χ3v) is 3.02. The Bertz CT molecular complexity index is 389. The van der Waals surface area contributed by atoms with Crippen molar-refractivity contribution < 1.29 is 4.92 Å². The number of piperidine rings is 1. The summed E-state index contributed by atoms with van der Waals surface area (Å²) in [5, 5.41) is 10.3. The molecule has 0 atom stereocenters. The van der Waals surface area contributed by atoms with Gasteiger partial charge in [0.2, 0.25) is 6.54 Å². The van der Waals surface area contributed by atoms with E-state index in [4.69, 9.17) is 0 Å². The second-order valence-electron chi connectivity index (χ2n) is 4.34. The number of nitrogens with zero attached hydrogens (tertiary/aromatic N) is 3. The highest BCUT2D eigenvalue weighted by atomic mass is 16.6. The first-order chi connectivity index (χ1) is 8.25. The Morgan fingerprint density at radius 1 is 1.29 bits per heavy atom. The Balaban J connectivity index is 2.02. The summed E-state index contributed by atoms with van der Waals surface area (Å²) in [6, 6.07) is 5.78. The molecule has 0 bridgehead atoms. The first-order valence-corrected chi connectivity index (χ1v) is 6.08. The van der Waals surface area contributed by atoms with Crippen LogP contribution in [0.2, 0.25) is 0 Å². The van der Waals surface area contributed by atoms with E-state index in [1.165, 1.54) is 19.3 Å². The van der Waals surface area contributed by atoms with Gasteiger partial charge in [-0.2, -0.15) is 0 Å². The normalized spacial score (nSPS) is 15.9. The fourth-order valence-electron chi connectivity index (χ4n) is 2.11. The standard InChI is InChI=1S/C12H17N3O2/c16-15(17)10-7-11-5-4-6-12(13-11)14-8-2-1-3-9-14/h4-6H,1-3,7-10H2. The molecular formula is C12H17N3O2. The van der Waals surface area contributed by atoms with Crippen LogP contribution in [0.4, 0.5) is 5.82 Å². The third kappa shape index (κ3) is 3.41. The minimum Gasteiger partial charge on any atom is -0.357 e. The molecule has 1 aromatic rings. The zero-order valence-electron chi connectivity index (χ0n) is 9.84. The van der Waals surface area contributed by atoms with Gasteiger partial charge < -0.3 is 4.90 Å². The zero-order chi connectivity index (χ0) is 12.1. The van der Waals surface area contributed by atoms with Crippen molar-refractivity contribution in [2.45, 2.75) is 25.7 Å². The fourth-order valence-corrected chi connectivity index (χ4v) is 2.11. The van der Waals surface area contributed by atoms with Crippen LogP contribution >= 0.6 is 0 Å². The molecule has 0 N–H and O–H groups in total. The second kappa shape index (κ2) is 5.61. The van der Waals surface area contributed by atoms with Gasteiger partial charge in [-0.3, -0.25) is 10.1 Å². The van der Waals surface area contributed by atoms with Crippen LogP contribution in [0, 0.1) is 10.1 Å². The molecule has 1 saturated heterocycles. The van der Waals surface area contributed by atoms with Crippen molar-refractivity contribution in [2.75, 3.05) is 24.5 Å². The third-order valence-electron chi connectivity index (χ3n) is 3.02. The summed E-state index contributed by atoms with van der Waals surface area (Å²) < 4.78 is 0. The van der Waals surface area contributed by atoms with E-state index in [2.05, 4.69) is 9.88 Å². The maximum Gasteiger partial charge on any atom is 0.209 e. The SMILES string of the molecule is O=[N+]([O-])CCc1cccc(N2CCCCC2)n1. The molecule has 5 heteroatoms. The van der Waals surface area contributed by atoms with Crippen LogP contribution in [0.5, 0.6) is 0 Å². The highest BCUT2D eigenvalue weighted by Gasteiger charge is 2.12. The van der Waals surface area contributed by atoms with Crippen LogP contribution in [0.3, 0.4) is 0 Å². The molecule has 1 aliphatic rings. The Hall–Kier alpha value is -1.65. The van der Waals surface area contributed by atoms with Crippen molar-refractivity contribution >= 4 is 5.82 Å². The summed E-state index contributed by atoms with van der Waals surface area (Å²) in [5.41, 5.74) is 0.810. The van der Waals surface area contributed by atoms with Gasteiger partial charge in [-0.25, -0.2) is 4.98 Å². The van der Waals surface area contributed by atoms with Gasteiger partial charge in [0.15, 0.2) is 0 Å². The lowest BCUT2D eigenvalue weighted by Crippen LogP contribution is -2.30. The van der Waals surface area contributed by atoms with Crippen molar-refractivity contribution in [1.29, 1.82) is 0 Å². The van der Waals surface area contributed by atoms with Gasteiger partial charge in [0.25, 0.3) is 0 Å². The molecule has 2 rings (SSSR count). The molecular weight excluding hydrogens is 218 g/mol. The first kappa shape index (κ1) is 11.8. The lowest BCUT2D eigenvalue weighted by molar-refractivity contribution is -0.479. The maximum absolute atomic E-state index is 10.3. The molecule has 1 fully saturated rings. The van der Waals surface area contributed by atoms with E-state index < -0.39 is 0 Å². The van der Waals surface area contributed by atoms with Gasteiger partial charge in [-0.1, -0.05) is 6.07 Å². The van der Waals surface area contributed by atoms with Crippen molar-refractivity contribution in [2.24, 2.45) is 0 Å². The van der Waals surface area contributed by atoms with Crippen LogP contribution < -0.4 is 4.90 Å². The molecule has 1 aliphatic heterocycles. The molecule has 5 nitrogen and oxygen atoms in total. The minimum absolute atomic E-state index is 0.0452. The number of hydrogen-bond donors (Lipinski definition) is 0. The van der Waals surface area contributed by atoms with E-state index in [1.807, 2.05) is 18.2 Å². The van der Waals surface area contributed by atoms with Crippen LogP contribution in [-0.2, 0) is 6.42 Å². The van der Waals surface area contributed by atoms with Crippen LogP contribution in [-0.4, -0.2) is 29.5 Å². The Labute approximate surface area is 101 Å². The van der Waals surface area contributed by atoms with Crippen molar-refractivity contribution in [3.63, 3.8) is 0 Å². The average molecular weight is 235 g/mol. The Morgan fingerprint density at radius 3 is 2.76 bits per heavy atom. The minimum atomic E-state index is -0.296. The molecule has 0 amide bonds. The lowest BCUT2D eigenvalue weighted by Gasteiger charge is -2.27. The summed E-state index contributed by atoms with van der Waals surface area (Å²) in [4.78, 5) is 16.8. The molecule has 0 unspecified atom stereocenters. The number of pyridine rings is 1. The summed E-state index contributed by atoms with van der Waals surface area (Å²) in [7, 11) is 0. The monoisotopic (exact) mass is 235 g/mol. The topological polar surface area (TPSA) is 59.3 Å². The van der Waals surface area contributed by atoms with E-state index in [0.717, 1.165) is 24.6 Å². The number of nitro groups is 1. The molecule has 0 aliphatic carbocycles. The predicted octanol–water partition coefficient (Wildman–Crippen LogP) is 1.89. The Morgan fingerprint density at radius 2 is 2.06 bits per heavy atom. The summed E-state index contributed by atoms with van der Waals surface area (Å²) in [6.45, 7) is 2.05. The van der Waals surface area contributed by atoms with E-state index in [0.29, 0.717) is 6.42 Å². The molecule has 92 valence electrons. The van der Waals surface area contributed by atoms with Crippen LogP contribution in [0.1, 0.15) is 25.0 Å². The summed E-state index contributed by atoms with van der Waals surface area (Å²) in [6.07, 6.45) is 4.12. The van der Waals surface area contributed by atoms with Gasteiger partial charge in [0, 0.05) is 23.7 Å². The second-order valence-corrected chi connectivity index (χ2v) is 4.34. The Kier molecular flexibility index (Phi) is 3.90. The molecule has 0 aromatic carbocycles. The summed E-state index contributed by atoms with van der Waals surface area (Å²) in [5.74, 6) is 0.963. The highest BCUT2D eigenvalue weighted by Crippen LogP contribution is 2.17. The van der Waals surface area contributed by atoms with Crippen LogP contribution in [0.15, 0.2) is 18.2 Å². The van der Waals surface area contributed by atoms with Gasteiger partial charge in [-0.05, 0) is 31.4 Å². The average Bonchev–Trinajstić information content (AvgIpc) is 2.38. The number of aromatic nitrogens is 1. The molecule has 17 heavy (non-hydrogen) atoms. The van der Waals surface area contributed by atoms with Gasteiger partial charge in [0.05, 0.1) is 6.42 Å². The number of anilines is 1. The predicted molar refractivity (Wildman–Crippen MR) is 65.9 cm³/mol. The van der Waals surface area contributed by atoms with Crippen molar-refractivity contribution in [3.8, 4) is 0 Å². The van der Waals surface area contributed by atoms with E-state index in [9.17, 15) is 10.1 Å². The molecule has 1 aromatic heterocycles. The van der Waals surface area contributed by atoms with Crippen LogP contribution in [0.25, 0.3) is 0 Å². The van der Waals surface area contributed by atoms with Crippen molar-refractivity contribution in [3.05, 3.63) is 34.0 Å². The van der Waals surface area contributed by atoms with Crippen molar-refractivity contribution in [1.82, 2.24) is 4.98 Å². The van der Waals surface area contributed by atoms with Gasteiger partial charge >= 0.3 is 0 Å². The van der Waals surface area contributed by atoms with E-state index in [1.54, 1.807) is 0 Å². The molecule has 0 radical (unpaired) electrons. The largest absolute Gasteiger partial charge is 0.357 e. The molecule has 0 spiro atoms. The summed E-state index contributed by atoms with van der Waals surface area (Å²) >= 11 is 0. The number of hydrogen-bond acceptors (Lipinski definition) is 4. The molecule has 0 saturated carbocycles. The quantitative estimate of drug-likeness (QED) is 0.590. The molecule has 2 heterocycles. The smallest absolute Gasteiger partial charge is 0.209 e. The van der Waals surface area contributed by atoms with E-state index >= 15 is 0 Å². The fraction of sp³-hybridized carbons (Fsp3) is 0.583. The maximum atomic E-state index is 10.3. The highest BCUT2D eigenvalue weighted by molar-refractivity contribution is 5.39.